The third kappa shape index (κ3) is 1.17. The first-order valence-electron chi connectivity index (χ1n) is 3.53. The maximum absolute atomic E-state index is 8.45. The van der Waals surface area contributed by atoms with Crippen molar-refractivity contribution in [1.29, 1.82) is 5.26 Å². The van der Waals surface area contributed by atoms with Gasteiger partial charge in [-0.3, -0.25) is 0 Å². The van der Waals surface area contributed by atoms with Crippen molar-refractivity contribution < 1.29 is 0 Å². The number of nitrogens with zero attached hydrogens (tertiary/aromatic N) is 1. The van der Waals surface area contributed by atoms with Crippen LogP contribution in [0.4, 0.5) is 0 Å². The number of thioether (sulfide) groups is 1. The van der Waals surface area contributed by atoms with Crippen LogP contribution in [0, 0.1) is 10.7 Å². The van der Waals surface area contributed by atoms with Crippen LogP contribution in [-0.2, 0) is 0 Å². The topological polar surface area (TPSA) is 39.6 Å². The van der Waals surface area contributed by atoms with E-state index in [9.17, 15) is 0 Å². The Bertz CT molecular complexity index is 439. The normalized spacial score (nSPS) is 9.92. The summed E-state index contributed by atoms with van der Waals surface area (Å²) in [7, 11) is 0. The summed E-state index contributed by atoms with van der Waals surface area (Å²) in [5, 5.41) is 11.7. The van der Waals surface area contributed by atoms with E-state index in [0.29, 0.717) is 0 Å². The Labute approximate surface area is 74.2 Å². The molecule has 0 unspecified atom stereocenters. The lowest BCUT2D eigenvalue weighted by Gasteiger charge is -1.92. The van der Waals surface area contributed by atoms with E-state index >= 15 is 0 Å². The zero-order valence-electron chi connectivity index (χ0n) is 6.24. The molecule has 0 fully saturated rings. The van der Waals surface area contributed by atoms with E-state index in [1.165, 1.54) is 17.1 Å². The Balaban J connectivity index is 2.54. The molecule has 0 saturated heterocycles. The van der Waals surface area contributed by atoms with Gasteiger partial charge < -0.3 is 4.98 Å². The summed E-state index contributed by atoms with van der Waals surface area (Å²) in [5.74, 6) is 0. The number of fused-ring (bicyclic) bond motifs is 1. The number of hydrogen-bond donors (Lipinski definition) is 1. The second kappa shape index (κ2) is 2.92. The molecule has 3 heteroatoms. The van der Waals surface area contributed by atoms with Gasteiger partial charge in [-0.2, -0.15) is 5.26 Å². The fourth-order valence-corrected chi connectivity index (χ4v) is 1.56. The molecule has 0 atom stereocenters. The number of hydrogen-bond acceptors (Lipinski definition) is 2. The van der Waals surface area contributed by atoms with Crippen molar-refractivity contribution in [2.24, 2.45) is 0 Å². The number of rotatable bonds is 1. The lowest BCUT2D eigenvalue weighted by molar-refractivity contribution is 1.43. The van der Waals surface area contributed by atoms with Crippen LogP contribution >= 0.6 is 11.8 Å². The van der Waals surface area contributed by atoms with Gasteiger partial charge in [0.05, 0.1) is 0 Å². The Morgan fingerprint density at radius 3 is 3.08 bits per heavy atom. The zero-order chi connectivity index (χ0) is 8.39. The van der Waals surface area contributed by atoms with Crippen molar-refractivity contribution in [2.45, 2.75) is 4.90 Å². The van der Waals surface area contributed by atoms with Crippen LogP contribution in [0.2, 0.25) is 0 Å². The summed E-state index contributed by atoms with van der Waals surface area (Å²) < 4.78 is 0. The summed E-state index contributed by atoms with van der Waals surface area (Å²) in [5.41, 5.74) is 1.08. The second-order valence-corrected chi connectivity index (χ2v) is 3.28. The Morgan fingerprint density at radius 1 is 1.33 bits per heavy atom. The van der Waals surface area contributed by atoms with Gasteiger partial charge in [-0.05, 0) is 35.3 Å². The molecule has 1 heterocycles. The minimum Gasteiger partial charge on any atom is -0.361 e. The molecular formula is C9H6N2S. The third-order valence-electron chi connectivity index (χ3n) is 1.69. The van der Waals surface area contributed by atoms with Gasteiger partial charge in [0.1, 0.15) is 5.40 Å². The van der Waals surface area contributed by atoms with E-state index in [4.69, 9.17) is 5.26 Å². The fourth-order valence-electron chi connectivity index (χ4n) is 1.14. The van der Waals surface area contributed by atoms with Crippen molar-refractivity contribution in [1.82, 2.24) is 4.98 Å². The number of nitriles is 1. The molecule has 0 bridgehead atoms. The van der Waals surface area contributed by atoms with E-state index in [0.717, 1.165) is 10.4 Å². The van der Waals surface area contributed by atoms with Crippen molar-refractivity contribution >= 4 is 22.7 Å². The first-order chi connectivity index (χ1) is 5.90. The van der Waals surface area contributed by atoms with Gasteiger partial charge in [0.25, 0.3) is 0 Å². The number of nitrogens with one attached hydrogen (secondary N) is 1. The quantitative estimate of drug-likeness (QED) is 0.533. The first-order valence-corrected chi connectivity index (χ1v) is 4.35. The summed E-state index contributed by atoms with van der Waals surface area (Å²) in [6.45, 7) is 0. The van der Waals surface area contributed by atoms with Gasteiger partial charge in [0, 0.05) is 16.6 Å². The standard InChI is InChI=1S/C9H6N2S/c10-6-12-8-2-1-7-3-4-11-9(7)5-8/h1-5,11H. The monoisotopic (exact) mass is 174 g/mol. The molecule has 0 amide bonds. The summed E-state index contributed by atoms with van der Waals surface area (Å²) in [4.78, 5) is 4.07. The average molecular weight is 174 g/mol. The molecule has 0 radical (unpaired) electrons. The van der Waals surface area contributed by atoms with Gasteiger partial charge in [0.2, 0.25) is 0 Å². The Hall–Kier alpha value is -1.40. The molecule has 2 rings (SSSR count). The molecule has 12 heavy (non-hydrogen) atoms. The highest BCUT2D eigenvalue weighted by molar-refractivity contribution is 8.03. The van der Waals surface area contributed by atoms with Crippen LogP contribution < -0.4 is 0 Å². The fraction of sp³-hybridized carbons (Fsp3) is 0. The second-order valence-electron chi connectivity index (χ2n) is 2.42. The van der Waals surface area contributed by atoms with E-state index in [-0.39, 0.29) is 0 Å². The third-order valence-corrected chi connectivity index (χ3v) is 2.27. The molecule has 1 N–H and O–H groups in total. The number of H-pyrrole nitrogens is 1. The zero-order valence-corrected chi connectivity index (χ0v) is 7.06. The number of thiocyanates is 1. The minimum absolute atomic E-state index is 0.979. The van der Waals surface area contributed by atoms with Crippen molar-refractivity contribution in [2.75, 3.05) is 0 Å². The van der Waals surface area contributed by atoms with Crippen molar-refractivity contribution in [3.8, 4) is 5.40 Å². The highest BCUT2D eigenvalue weighted by Crippen LogP contribution is 2.21. The molecule has 0 aliphatic rings. The smallest absolute Gasteiger partial charge is 0.138 e. The lowest BCUT2D eigenvalue weighted by Crippen LogP contribution is -1.69. The molecule has 1 aromatic heterocycles. The van der Waals surface area contributed by atoms with Gasteiger partial charge in [-0.15, -0.1) is 0 Å². The highest BCUT2D eigenvalue weighted by atomic mass is 32.2. The molecular weight excluding hydrogens is 168 g/mol. The Morgan fingerprint density at radius 2 is 2.25 bits per heavy atom. The van der Waals surface area contributed by atoms with Crippen LogP contribution in [0.25, 0.3) is 10.9 Å². The predicted molar refractivity (Wildman–Crippen MR) is 49.8 cm³/mol. The number of aromatic nitrogens is 1. The summed E-state index contributed by atoms with van der Waals surface area (Å²) in [6, 6.07) is 7.94. The summed E-state index contributed by atoms with van der Waals surface area (Å²) >= 11 is 1.18. The molecule has 2 nitrogen and oxygen atoms in total. The molecule has 2 aromatic rings. The lowest BCUT2D eigenvalue weighted by atomic mass is 10.2. The maximum atomic E-state index is 8.45. The molecule has 0 aliphatic heterocycles. The first kappa shape index (κ1) is 7.26. The molecule has 0 saturated carbocycles. The Kier molecular flexibility index (Phi) is 1.77. The maximum Gasteiger partial charge on any atom is 0.138 e. The van der Waals surface area contributed by atoms with Crippen LogP contribution in [-0.4, -0.2) is 4.98 Å². The van der Waals surface area contributed by atoms with Crippen LogP contribution in [0.3, 0.4) is 0 Å². The largest absolute Gasteiger partial charge is 0.361 e. The molecule has 0 spiro atoms. The van der Waals surface area contributed by atoms with E-state index in [2.05, 4.69) is 4.98 Å². The SMILES string of the molecule is N#CSc1ccc2cc[nH]c2c1. The van der Waals surface area contributed by atoms with E-state index in [1.807, 2.05) is 35.9 Å². The number of benzene rings is 1. The molecule has 0 aliphatic carbocycles. The minimum atomic E-state index is 0.979. The predicted octanol–water partition coefficient (Wildman–Crippen LogP) is 2.74. The van der Waals surface area contributed by atoms with Gasteiger partial charge in [0.15, 0.2) is 0 Å². The van der Waals surface area contributed by atoms with Crippen molar-refractivity contribution in [3.63, 3.8) is 0 Å². The van der Waals surface area contributed by atoms with Crippen LogP contribution in [0.5, 0.6) is 0 Å². The number of aromatic amines is 1. The van der Waals surface area contributed by atoms with Gasteiger partial charge in [-0.1, -0.05) is 6.07 Å². The average Bonchev–Trinajstić information content (AvgIpc) is 2.51. The highest BCUT2D eigenvalue weighted by Gasteiger charge is 1.96. The van der Waals surface area contributed by atoms with Gasteiger partial charge in [-0.25, -0.2) is 0 Å². The summed E-state index contributed by atoms with van der Waals surface area (Å²) in [6.07, 6.45) is 1.89. The van der Waals surface area contributed by atoms with E-state index < -0.39 is 0 Å². The molecule has 1 aromatic carbocycles. The van der Waals surface area contributed by atoms with Crippen molar-refractivity contribution in [3.05, 3.63) is 30.5 Å². The van der Waals surface area contributed by atoms with E-state index in [1.54, 1.807) is 0 Å². The van der Waals surface area contributed by atoms with Gasteiger partial charge >= 0.3 is 0 Å². The van der Waals surface area contributed by atoms with Crippen LogP contribution in [0.1, 0.15) is 0 Å². The molecule has 58 valence electrons. The van der Waals surface area contributed by atoms with Crippen LogP contribution in [0.15, 0.2) is 35.4 Å².